The van der Waals surface area contributed by atoms with Gasteiger partial charge in [0.15, 0.2) is 0 Å². The minimum absolute atomic E-state index is 1.12. The third-order valence-corrected chi connectivity index (χ3v) is 11.7. The summed E-state index contributed by atoms with van der Waals surface area (Å²) < 4.78 is 2.59. The first-order chi connectivity index (χ1) is 26.8. The van der Waals surface area contributed by atoms with Gasteiger partial charge in [-0.05, 0) is 97.7 Å². The van der Waals surface area contributed by atoms with Crippen molar-refractivity contribution in [1.82, 2.24) is 0 Å². The van der Waals surface area contributed by atoms with Crippen LogP contribution in [0.2, 0.25) is 0 Å². The van der Waals surface area contributed by atoms with E-state index in [2.05, 4.69) is 217 Å². The number of anilines is 3. The second-order valence-corrected chi connectivity index (χ2v) is 14.8. The minimum atomic E-state index is 1.12. The average molecular weight is 706 g/mol. The molecule has 0 radical (unpaired) electrons. The predicted octanol–water partition coefficient (Wildman–Crippen LogP) is 15.3. The molecule has 1 nitrogen and oxygen atoms in total. The molecule has 2 heteroatoms. The highest BCUT2D eigenvalue weighted by Gasteiger charge is 2.20. The van der Waals surface area contributed by atoms with Crippen LogP contribution in [0.4, 0.5) is 17.1 Å². The van der Waals surface area contributed by atoms with Gasteiger partial charge in [-0.3, -0.25) is 0 Å². The Hall–Kier alpha value is -6.74. The van der Waals surface area contributed by atoms with Crippen molar-refractivity contribution in [1.29, 1.82) is 0 Å². The largest absolute Gasteiger partial charge is 0.309 e. The van der Waals surface area contributed by atoms with Gasteiger partial charge in [-0.1, -0.05) is 170 Å². The third kappa shape index (κ3) is 5.84. The fourth-order valence-corrected chi connectivity index (χ4v) is 9.07. The zero-order valence-corrected chi connectivity index (χ0v) is 30.4. The van der Waals surface area contributed by atoms with E-state index in [1.165, 1.54) is 81.1 Å². The van der Waals surface area contributed by atoms with E-state index in [1.807, 2.05) is 11.3 Å². The van der Waals surface area contributed by atoms with Crippen LogP contribution < -0.4 is 4.90 Å². The molecular formula is C52H35NS. The van der Waals surface area contributed by atoms with Crippen molar-refractivity contribution in [2.24, 2.45) is 0 Å². The van der Waals surface area contributed by atoms with Gasteiger partial charge in [-0.15, -0.1) is 11.3 Å². The smallest absolute Gasteiger partial charge is 0.0640 e. The van der Waals surface area contributed by atoms with Gasteiger partial charge in [0.1, 0.15) is 0 Å². The molecule has 10 rings (SSSR count). The molecule has 0 unspecified atom stereocenters. The van der Waals surface area contributed by atoms with Gasteiger partial charge in [0, 0.05) is 26.8 Å². The van der Waals surface area contributed by atoms with Gasteiger partial charge in [-0.25, -0.2) is 0 Å². The summed E-state index contributed by atoms with van der Waals surface area (Å²) in [7, 11) is 0. The van der Waals surface area contributed by atoms with Crippen molar-refractivity contribution >= 4 is 59.3 Å². The summed E-state index contributed by atoms with van der Waals surface area (Å²) in [5, 5.41) is 5.05. The Morgan fingerprint density at radius 2 is 0.741 bits per heavy atom. The lowest BCUT2D eigenvalue weighted by atomic mass is 9.97. The Morgan fingerprint density at radius 3 is 1.31 bits per heavy atom. The van der Waals surface area contributed by atoms with E-state index in [4.69, 9.17) is 0 Å². The minimum Gasteiger partial charge on any atom is -0.309 e. The molecule has 0 aliphatic carbocycles. The molecule has 54 heavy (non-hydrogen) atoms. The fourth-order valence-electron chi connectivity index (χ4n) is 7.73. The molecular weight excluding hydrogens is 671 g/mol. The maximum atomic E-state index is 2.42. The molecule has 0 fully saturated rings. The normalized spacial score (nSPS) is 11.3. The van der Waals surface area contributed by atoms with E-state index in [1.54, 1.807) is 0 Å². The summed E-state index contributed by atoms with van der Waals surface area (Å²) in [4.78, 5) is 2.42. The number of hydrogen-bond donors (Lipinski definition) is 0. The maximum Gasteiger partial charge on any atom is 0.0640 e. The molecule has 0 aliphatic rings. The molecule has 0 atom stereocenters. The molecule has 9 aromatic carbocycles. The second kappa shape index (κ2) is 13.7. The van der Waals surface area contributed by atoms with E-state index in [0.29, 0.717) is 0 Å². The van der Waals surface area contributed by atoms with E-state index < -0.39 is 0 Å². The van der Waals surface area contributed by atoms with Crippen LogP contribution in [-0.2, 0) is 0 Å². The Morgan fingerprint density at radius 1 is 0.296 bits per heavy atom. The van der Waals surface area contributed by atoms with Crippen molar-refractivity contribution in [2.75, 3.05) is 4.90 Å². The molecule has 0 spiro atoms. The molecule has 0 saturated heterocycles. The molecule has 0 N–H and O–H groups in total. The summed E-state index contributed by atoms with van der Waals surface area (Å²) in [6.45, 7) is 0. The lowest BCUT2D eigenvalue weighted by Crippen LogP contribution is -2.10. The topological polar surface area (TPSA) is 3.24 Å². The first-order valence-electron chi connectivity index (χ1n) is 18.4. The van der Waals surface area contributed by atoms with Gasteiger partial charge >= 0.3 is 0 Å². The summed E-state index contributed by atoms with van der Waals surface area (Å²) in [5.41, 5.74) is 13.2. The number of rotatable bonds is 7. The monoisotopic (exact) mass is 705 g/mol. The standard InChI is InChI=1S/C52H35NS/c1-4-12-36(13-5-1)38-26-30-45(31-27-38)53(50-21-11-20-49-48-19-10-18-47(51(48)54-52(49)50)41-16-8-3-9-17-41)46-32-28-39(29-33-46)43-25-23-40-22-24-42(34-44(40)35-43)37-14-6-2-7-15-37/h1-35H. The quantitative estimate of drug-likeness (QED) is 0.160. The van der Waals surface area contributed by atoms with Gasteiger partial charge in [0.05, 0.1) is 10.4 Å². The summed E-state index contributed by atoms with van der Waals surface area (Å²) in [6.07, 6.45) is 0. The molecule has 0 aliphatic heterocycles. The van der Waals surface area contributed by atoms with Crippen molar-refractivity contribution in [3.63, 3.8) is 0 Å². The van der Waals surface area contributed by atoms with Crippen LogP contribution in [-0.4, -0.2) is 0 Å². The second-order valence-electron chi connectivity index (χ2n) is 13.7. The Kier molecular flexibility index (Phi) is 8.09. The third-order valence-electron chi connectivity index (χ3n) is 10.5. The zero-order chi connectivity index (χ0) is 35.8. The van der Waals surface area contributed by atoms with Gasteiger partial charge in [0.2, 0.25) is 0 Å². The lowest BCUT2D eigenvalue weighted by Gasteiger charge is -2.26. The Balaban J connectivity index is 1.09. The molecule has 1 heterocycles. The van der Waals surface area contributed by atoms with Crippen molar-refractivity contribution in [3.05, 3.63) is 212 Å². The first kappa shape index (κ1) is 32.0. The number of nitrogens with zero attached hydrogens (tertiary/aromatic N) is 1. The molecule has 0 amide bonds. The van der Waals surface area contributed by atoms with Crippen LogP contribution in [0.3, 0.4) is 0 Å². The highest BCUT2D eigenvalue weighted by atomic mass is 32.1. The zero-order valence-electron chi connectivity index (χ0n) is 29.6. The lowest BCUT2D eigenvalue weighted by molar-refractivity contribution is 1.30. The SMILES string of the molecule is c1ccc(-c2ccc(N(c3ccc(-c4ccc5ccc(-c6ccccc6)cc5c4)cc3)c3cccc4c3sc3c(-c5ccccc5)cccc34)cc2)cc1. The fraction of sp³-hybridized carbons (Fsp3) is 0. The van der Waals surface area contributed by atoms with E-state index in [9.17, 15) is 0 Å². The van der Waals surface area contributed by atoms with Crippen molar-refractivity contribution in [2.45, 2.75) is 0 Å². The predicted molar refractivity (Wildman–Crippen MR) is 233 cm³/mol. The highest BCUT2D eigenvalue weighted by molar-refractivity contribution is 7.27. The van der Waals surface area contributed by atoms with Crippen LogP contribution in [0.5, 0.6) is 0 Å². The van der Waals surface area contributed by atoms with Crippen LogP contribution in [0.15, 0.2) is 212 Å². The first-order valence-corrected chi connectivity index (χ1v) is 19.2. The van der Waals surface area contributed by atoms with E-state index in [0.717, 1.165) is 11.4 Å². The summed E-state index contributed by atoms with van der Waals surface area (Å²) in [6, 6.07) is 77.0. The van der Waals surface area contributed by atoms with Gasteiger partial charge < -0.3 is 4.90 Å². The van der Waals surface area contributed by atoms with Crippen LogP contribution >= 0.6 is 11.3 Å². The summed E-state index contributed by atoms with van der Waals surface area (Å²) in [5.74, 6) is 0. The average Bonchev–Trinajstić information content (AvgIpc) is 3.65. The van der Waals surface area contributed by atoms with Crippen LogP contribution in [0.25, 0.3) is 75.5 Å². The molecule has 0 saturated carbocycles. The van der Waals surface area contributed by atoms with Crippen LogP contribution in [0.1, 0.15) is 0 Å². The number of fused-ring (bicyclic) bond motifs is 4. The summed E-state index contributed by atoms with van der Waals surface area (Å²) >= 11 is 1.89. The number of thiophene rings is 1. The maximum absolute atomic E-state index is 2.42. The van der Waals surface area contributed by atoms with Crippen LogP contribution in [0, 0.1) is 0 Å². The van der Waals surface area contributed by atoms with E-state index >= 15 is 0 Å². The molecule has 254 valence electrons. The number of hydrogen-bond acceptors (Lipinski definition) is 2. The number of benzene rings is 9. The molecule has 10 aromatic rings. The van der Waals surface area contributed by atoms with Gasteiger partial charge in [-0.2, -0.15) is 0 Å². The molecule has 1 aromatic heterocycles. The van der Waals surface area contributed by atoms with Gasteiger partial charge in [0.25, 0.3) is 0 Å². The Labute approximate surface area is 319 Å². The van der Waals surface area contributed by atoms with E-state index in [-0.39, 0.29) is 0 Å². The Bertz CT molecular complexity index is 2890. The highest BCUT2D eigenvalue weighted by Crippen LogP contribution is 2.47. The van der Waals surface area contributed by atoms with Crippen molar-refractivity contribution in [3.8, 4) is 44.5 Å². The molecule has 0 bridgehead atoms. The van der Waals surface area contributed by atoms with Crippen molar-refractivity contribution < 1.29 is 0 Å².